The van der Waals surface area contributed by atoms with E-state index in [9.17, 15) is 14.7 Å². The molecule has 0 aromatic heterocycles. The van der Waals surface area contributed by atoms with Gasteiger partial charge in [0.2, 0.25) is 5.91 Å². The standard InChI is InChI=1S/C13H22N2O4/c1-13(12(17)18)4-2-3-6-15(13)11(16)8-10-9-19-7-5-14-10/h10,14H,2-9H2,1H3,(H,17,18). The van der Waals surface area contributed by atoms with Gasteiger partial charge in [-0.2, -0.15) is 0 Å². The number of aliphatic carboxylic acids is 1. The topological polar surface area (TPSA) is 78.9 Å². The van der Waals surface area contributed by atoms with Crippen LogP contribution >= 0.6 is 0 Å². The van der Waals surface area contributed by atoms with Crippen molar-refractivity contribution in [1.29, 1.82) is 0 Å². The van der Waals surface area contributed by atoms with Crippen LogP contribution in [0.4, 0.5) is 0 Å². The molecule has 2 aliphatic rings. The SMILES string of the molecule is CC1(C(=O)O)CCCCN1C(=O)CC1COCCN1. The van der Waals surface area contributed by atoms with Gasteiger partial charge in [-0.15, -0.1) is 0 Å². The summed E-state index contributed by atoms with van der Waals surface area (Å²) in [6, 6.07) is 0.00113. The molecule has 2 heterocycles. The number of nitrogens with one attached hydrogen (secondary N) is 1. The van der Waals surface area contributed by atoms with Crippen molar-refractivity contribution >= 4 is 11.9 Å². The minimum Gasteiger partial charge on any atom is -0.480 e. The normalized spacial score (nSPS) is 32.1. The Hall–Kier alpha value is -1.14. The first-order valence-corrected chi connectivity index (χ1v) is 6.89. The summed E-state index contributed by atoms with van der Waals surface area (Å²) in [5.74, 6) is -0.999. The van der Waals surface area contributed by atoms with E-state index in [0.29, 0.717) is 32.6 Å². The van der Waals surface area contributed by atoms with E-state index in [2.05, 4.69) is 5.32 Å². The number of carboxylic acids is 1. The van der Waals surface area contributed by atoms with Crippen molar-refractivity contribution in [3.05, 3.63) is 0 Å². The molecule has 2 N–H and O–H groups in total. The zero-order valence-electron chi connectivity index (χ0n) is 11.4. The lowest BCUT2D eigenvalue weighted by atomic mass is 9.88. The van der Waals surface area contributed by atoms with Crippen molar-refractivity contribution in [2.75, 3.05) is 26.3 Å². The molecule has 2 aliphatic heterocycles. The Labute approximate surface area is 113 Å². The van der Waals surface area contributed by atoms with Crippen LogP contribution in [0.1, 0.15) is 32.6 Å². The Morgan fingerprint density at radius 2 is 2.26 bits per heavy atom. The van der Waals surface area contributed by atoms with Crippen molar-refractivity contribution in [2.45, 2.75) is 44.2 Å². The fraction of sp³-hybridized carbons (Fsp3) is 0.846. The zero-order valence-corrected chi connectivity index (χ0v) is 11.4. The van der Waals surface area contributed by atoms with Gasteiger partial charge in [0.15, 0.2) is 0 Å². The number of amides is 1. The lowest BCUT2D eigenvalue weighted by Gasteiger charge is -2.42. The van der Waals surface area contributed by atoms with Crippen LogP contribution < -0.4 is 5.32 Å². The van der Waals surface area contributed by atoms with Gasteiger partial charge in [0.1, 0.15) is 5.54 Å². The number of nitrogens with zero attached hydrogens (tertiary/aromatic N) is 1. The van der Waals surface area contributed by atoms with Crippen LogP contribution in [0, 0.1) is 0 Å². The van der Waals surface area contributed by atoms with Gasteiger partial charge < -0.3 is 20.1 Å². The van der Waals surface area contributed by atoms with Crippen LogP contribution in [0.25, 0.3) is 0 Å². The molecule has 19 heavy (non-hydrogen) atoms. The van der Waals surface area contributed by atoms with Gasteiger partial charge in [-0.3, -0.25) is 4.79 Å². The van der Waals surface area contributed by atoms with Crippen molar-refractivity contribution < 1.29 is 19.4 Å². The van der Waals surface area contributed by atoms with E-state index >= 15 is 0 Å². The zero-order chi connectivity index (χ0) is 13.9. The highest BCUT2D eigenvalue weighted by molar-refractivity contribution is 5.87. The third kappa shape index (κ3) is 3.06. The molecule has 2 unspecified atom stereocenters. The number of ether oxygens (including phenoxy) is 1. The molecule has 108 valence electrons. The minimum absolute atomic E-state index is 0.00113. The molecule has 0 radical (unpaired) electrons. The number of carboxylic acid groups (broad SMARTS) is 1. The maximum Gasteiger partial charge on any atom is 0.329 e. The van der Waals surface area contributed by atoms with E-state index in [4.69, 9.17) is 4.74 Å². The highest BCUT2D eigenvalue weighted by atomic mass is 16.5. The van der Waals surface area contributed by atoms with E-state index in [1.54, 1.807) is 6.92 Å². The van der Waals surface area contributed by atoms with Crippen molar-refractivity contribution in [2.24, 2.45) is 0 Å². The van der Waals surface area contributed by atoms with Gasteiger partial charge in [0.25, 0.3) is 0 Å². The number of morpholine rings is 1. The predicted molar refractivity (Wildman–Crippen MR) is 68.8 cm³/mol. The molecule has 0 bridgehead atoms. The van der Waals surface area contributed by atoms with Crippen molar-refractivity contribution in [3.63, 3.8) is 0 Å². The molecule has 0 aliphatic carbocycles. The molecular weight excluding hydrogens is 248 g/mol. The maximum absolute atomic E-state index is 12.4. The number of hydrogen-bond acceptors (Lipinski definition) is 4. The molecule has 0 aromatic carbocycles. The summed E-state index contributed by atoms with van der Waals surface area (Å²) in [5, 5.41) is 12.6. The Morgan fingerprint density at radius 3 is 2.89 bits per heavy atom. The van der Waals surface area contributed by atoms with Crippen LogP contribution in [0.15, 0.2) is 0 Å². The maximum atomic E-state index is 12.4. The lowest BCUT2D eigenvalue weighted by Crippen LogP contribution is -2.58. The summed E-state index contributed by atoms with van der Waals surface area (Å²) in [5.41, 5.74) is -1.05. The Bertz CT molecular complexity index is 355. The van der Waals surface area contributed by atoms with E-state index in [1.165, 1.54) is 4.90 Å². The summed E-state index contributed by atoms with van der Waals surface area (Å²) in [4.78, 5) is 25.3. The smallest absolute Gasteiger partial charge is 0.329 e. The molecule has 2 atom stereocenters. The quantitative estimate of drug-likeness (QED) is 0.767. The second kappa shape index (κ2) is 5.88. The van der Waals surface area contributed by atoms with Crippen molar-refractivity contribution in [1.82, 2.24) is 10.2 Å². The Balaban J connectivity index is 2.01. The Morgan fingerprint density at radius 1 is 1.47 bits per heavy atom. The van der Waals surface area contributed by atoms with Crippen LogP contribution in [0.3, 0.4) is 0 Å². The van der Waals surface area contributed by atoms with E-state index < -0.39 is 11.5 Å². The average Bonchev–Trinajstić information content (AvgIpc) is 2.40. The first-order valence-electron chi connectivity index (χ1n) is 6.89. The molecule has 6 heteroatoms. The van der Waals surface area contributed by atoms with Crippen molar-refractivity contribution in [3.8, 4) is 0 Å². The van der Waals surface area contributed by atoms with Gasteiger partial charge in [0, 0.05) is 25.6 Å². The largest absolute Gasteiger partial charge is 0.480 e. The number of likely N-dealkylation sites (tertiary alicyclic amines) is 1. The number of carbonyl (C=O) groups is 2. The molecule has 0 aromatic rings. The van der Waals surface area contributed by atoms with Gasteiger partial charge in [0.05, 0.1) is 13.2 Å². The second-order valence-electron chi connectivity index (χ2n) is 5.51. The molecule has 0 spiro atoms. The minimum atomic E-state index is -1.05. The van der Waals surface area contributed by atoms with Crippen LogP contribution in [0.5, 0.6) is 0 Å². The molecular formula is C13H22N2O4. The molecule has 2 fully saturated rings. The predicted octanol–water partition coefficient (Wildman–Crippen LogP) is 0.221. The van der Waals surface area contributed by atoms with Crippen LogP contribution in [0.2, 0.25) is 0 Å². The van der Waals surface area contributed by atoms with Gasteiger partial charge in [-0.25, -0.2) is 4.79 Å². The first kappa shape index (κ1) is 14.3. The molecule has 1 amide bonds. The van der Waals surface area contributed by atoms with Crippen LogP contribution in [-0.4, -0.2) is 59.8 Å². The summed E-state index contributed by atoms with van der Waals surface area (Å²) >= 11 is 0. The second-order valence-corrected chi connectivity index (χ2v) is 5.51. The van der Waals surface area contributed by atoms with E-state index in [1.807, 2.05) is 0 Å². The molecule has 0 saturated carbocycles. The summed E-state index contributed by atoms with van der Waals surface area (Å²) in [7, 11) is 0. The number of hydrogen-bond donors (Lipinski definition) is 2. The summed E-state index contributed by atoms with van der Waals surface area (Å²) in [6.07, 6.45) is 2.58. The molecule has 2 saturated heterocycles. The third-order valence-corrected chi connectivity index (χ3v) is 4.07. The fourth-order valence-electron chi connectivity index (χ4n) is 2.81. The van der Waals surface area contributed by atoms with Crippen LogP contribution in [-0.2, 0) is 14.3 Å². The molecule has 2 rings (SSSR count). The summed E-state index contributed by atoms with van der Waals surface area (Å²) in [6.45, 7) is 4.12. The van der Waals surface area contributed by atoms with E-state index in [0.717, 1.165) is 19.4 Å². The first-order chi connectivity index (χ1) is 9.04. The highest BCUT2D eigenvalue weighted by Crippen LogP contribution is 2.29. The monoisotopic (exact) mass is 270 g/mol. The molecule has 6 nitrogen and oxygen atoms in total. The number of carbonyl (C=O) groups excluding carboxylic acids is 1. The van der Waals surface area contributed by atoms with Gasteiger partial charge >= 0.3 is 5.97 Å². The number of rotatable bonds is 3. The highest BCUT2D eigenvalue weighted by Gasteiger charge is 2.44. The fourth-order valence-corrected chi connectivity index (χ4v) is 2.81. The lowest BCUT2D eigenvalue weighted by molar-refractivity contribution is -0.161. The summed E-state index contributed by atoms with van der Waals surface area (Å²) < 4.78 is 5.32. The number of piperidine rings is 1. The average molecular weight is 270 g/mol. The van der Waals surface area contributed by atoms with Gasteiger partial charge in [-0.1, -0.05) is 0 Å². The van der Waals surface area contributed by atoms with Gasteiger partial charge in [-0.05, 0) is 26.2 Å². The Kier molecular flexibility index (Phi) is 4.42. The van der Waals surface area contributed by atoms with E-state index in [-0.39, 0.29) is 11.9 Å². The third-order valence-electron chi connectivity index (χ3n) is 4.07.